The van der Waals surface area contributed by atoms with Crippen molar-refractivity contribution in [3.8, 4) is 34.2 Å². The second-order valence-electron chi connectivity index (χ2n) is 5.07. The molecule has 25 heavy (non-hydrogen) atoms. The maximum atomic E-state index is 12.2. The van der Waals surface area contributed by atoms with Gasteiger partial charge in [-0.15, -0.1) is 0 Å². The number of hydrogen-bond acceptors (Lipinski definition) is 5. The van der Waals surface area contributed by atoms with Gasteiger partial charge in [-0.05, 0) is 36.4 Å². The van der Waals surface area contributed by atoms with Gasteiger partial charge in [0, 0.05) is 29.1 Å². The number of anilines is 1. The summed E-state index contributed by atoms with van der Waals surface area (Å²) >= 11 is 0. The molecule has 0 bridgehead atoms. The molecule has 2 heterocycles. The summed E-state index contributed by atoms with van der Waals surface area (Å²) in [6, 6.07) is 13.4. The standard InChI is InChI=1S/C18H12F2N4O/c19-18(20)25-13-5-3-11(4-6-13)16-8-14(12-2-1-7-23-10-12)15(9-21)17(22)24-16/h1-8,10,18H,(H2,22,24). The monoisotopic (exact) mass is 338 g/mol. The lowest BCUT2D eigenvalue weighted by molar-refractivity contribution is -0.0498. The highest BCUT2D eigenvalue weighted by Gasteiger charge is 2.14. The highest BCUT2D eigenvalue weighted by atomic mass is 19.3. The van der Waals surface area contributed by atoms with E-state index in [1.165, 1.54) is 12.1 Å². The minimum atomic E-state index is -2.88. The summed E-state index contributed by atoms with van der Waals surface area (Å²) in [7, 11) is 0. The normalized spacial score (nSPS) is 10.5. The fourth-order valence-corrected chi connectivity index (χ4v) is 2.39. The Bertz CT molecular complexity index is 922. The van der Waals surface area contributed by atoms with Gasteiger partial charge in [0.25, 0.3) is 0 Å². The Morgan fingerprint density at radius 2 is 1.88 bits per heavy atom. The van der Waals surface area contributed by atoms with Crippen molar-refractivity contribution in [2.24, 2.45) is 0 Å². The van der Waals surface area contributed by atoms with Gasteiger partial charge in [0.2, 0.25) is 0 Å². The first-order chi connectivity index (χ1) is 12.1. The van der Waals surface area contributed by atoms with E-state index >= 15 is 0 Å². The molecule has 0 aliphatic carbocycles. The number of ether oxygens (including phenoxy) is 1. The summed E-state index contributed by atoms with van der Waals surface area (Å²) in [6.45, 7) is -2.88. The summed E-state index contributed by atoms with van der Waals surface area (Å²) in [4.78, 5) is 8.29. The van der Waals surface area contributed by atoms with E-state index in [1.807, 2.05) is 6.07 Å². The number of aromatic nitrogens is 2. The first-order valence-corrected chi connectivity index (χ1v) is 7.24. The Morgan fingerprint density at radius 1 is 1.12 bits per heavy atom. The average molecular weight is 338 g/mol. The minimum absolute atomic E-state index is 0.0489. The lowest BCUT2D eigenvalue weighted by Crippen LogP contribution is -2.02. The fourth-order valence-electron chi connectivity index (χ4n) is 2.39. The highest BCUT2D eigenvalue weighted by molar-refractivity contribution is 5.79. The molecular weight excluding hydrogens is 326 g/mol. The van der Waals surface area contributed by atoms with Crippen molar-refractivity contribution < 1.29 is 13.5 Å². The molecule has 3 rings (SSSR count). The predicted octanol–water partition coefficient (Wildman–Crippen LogP) is 3.87. The van der Waals surface area contributed by atoms with Crippen LogP contribution in [-0.4, -0.2) is 16.6 Å². The van der Waals surface area contributed by atoms with Gasteiger partial charge in [-0.1, -0.05) is 6.07 Å². The van der Waals surface area contributed by atoms with Crippen LogP contribution < -0.4 is 10.5 Å². The van der Waals surface area contributed by atoms with Crippen LogP contribution in [-0.2, 0) is 0 Å². The second-order valence-corrected chi connectivity index (χ2v) is 5.07. The summed E-state index contributed by atoms with van der Waals surface area (Å²) < 4.78 is 28.8. The van der Waals surface area contributed by atoms with Crippen LogP contribution in [0, 0.1) is 11.3 Å². The van der Waals surface area contributed by atoms with E-state index in [0.717, 1.165) is 5.56 Å². The number of halogens is 2. The zero-order valence-electron chi connectivity index (χ0n) is 12.9. The molecular formula is C18H12F2N4O. The van der Waals surface area contributed by atoms with Crippen LogP contribution >= 0.6 is 0 Å². The molecule has 0 atom stereocenters. The van der Waals surface area contributed by atoms with Gasteiger partial charge in [-0.2, -0.15) is 14.0 Å². The Balaban J connectivity index is 2.06. The molecule has 0 saturated heterocycles. The van der Waals surface area contributed by atoms with Crippen LogP contribution in [0.25, 0.3) is 22.4 Å². The summed E-state index contributed by atoms with van der Waals surface area (Å²) in [5.74, 6) is 0.139. The Labute approximate surface area is 142 Å². The number of nitrogen functional groups attached to an aromatic ring is 1. The van der Waals surface area contributed by atoms with Crippen molar-refractivity contribution in [1.82, 2.24) is 9.97 Å². The molecule has 2 aromatic heterocycles. The van der Waals surface area contributed by atoms with E-state index in [4.69, 9.17) is 5.73 Å². The van der Waals surface area contributed by atoms with E-state index in [-0.39, 0.29) is 17.1 Å². The van der Waals surface area contributed by atoms with Crippen LogP contribution in [0.15, 0.2) is 54.9 Å². The third kappa shape index (κ3) is 3.53. The number of nitrogens with two attached hydrogens (primary N) is 1. The molecule has 124 valence electrons. The number of pyridine rings is 2. The quantitative estimate of drug-likeness (QED) is 0.780. The molecule has 5 nitrogen and oxygen atoms in total. The first-order valence-electron chi connectivity index (χ1n) is 7.24. The number of nitriles is 1. The topological polar surface area (TPSA) is 84.8 Å². The molecule has 0 amide bonds. The molecule has 1 aromatic carbocycles. The SMILES string of the molecule is N#Cc1c(-c2cccnc2)cc(-c2ccc(OC(F)F)cc2)nc1N. The summed E-state index contributed by atoms with van der Waals surface area (Å²) in [5.41, 5.74) is 8.68. The number of rotatable bonds is 4. The zero-order chi connectivity index (χ0) is 17.8. The fraction of sp³-hybridized carbons (Fsp3) is 0.0556. The first kappa shape index (κ1) is 16.3. The predicted molar refractivity (Wildman–Crippen MR) is 88.7 cm³/mol. The largest absolute Gasteiger partial charge is 0.435 e. The lowest BCUT2D eigenvalue weighted by atomic mass is 10.00. The zero-order valence-corrected chi connectivity index (χ0v) is 12.9. The number of nitrogens with zero attached hydrogens (tertiary/aromatic N) is 3. The smallest absolute Gasteiger partial charge is 0.387 e. The van der Waals surface area contributed by atoms with Crippen LogP contribution in [0.2, 0.25) is 0 Å². The number of benzene rings is 1. The van der Waals surface area contributed by atoms with Crippen LogP contribution in [0.5, 0.6) is 5.75 Å². The van der Waals surface area contributed by atoms with Crippen molar-refractivity contribution in [3.05, 3.63) is 60.4 Å². The maximum absolute atomic E-state index is 12.2. The van der Waals surface area contributed by atoms with Gasteiger partial charge in [-0.3, -0.25) is 4.98 Å². The van der Waals surface area contributed by atoms with Crippen molar-refractivity contribution >= 4 is 5.82 Å². The van der Waals surface area contributed by atoms with Gasteiger partial charge >= 0.3 is 6.61 Å². The summed E-state index contributed by atoms with van der Waals surface area (Å²) in [6.07, 6.45) is 3.25. The molecule has 3 aromatic rings. The highest BCUT2D eigenvalue weighted by Crippen LogP contribution is 2.31. The third-order valence-corrected chi connectivity index (χ3v) is 3.51. The maximum Gasteiger partial charge on any atom is 0.387 e. The van der Waals surface area contributed by atoms with E-state index in [2.05, 4.69) is 20.8 Å². The van der Waals surface area contributed by atoms with E-state index in [1.54, 1.807) is 36.7 Å². The molecule has 0 radical (unpaired) electrons. The van der Waals surface area contributed by atoms with Crippen molar-refractivity contribution in [2.45, 2.75) is 6.61 Å². The Hall–Kier alpha value is -3.53. The molecule has 2 N–H and O–H groups in total. The van der Waals surface area contributed by atoms with Crippen molar-refractivity contribution in [1.29, 1.82) is 5.26 Å². The molecule has 0 fully saturated rings. The average Bonchev–Trinajstić information content (AvgIpc) is 2.62. The molecule has 0 unspecified atom stereocenters. The van der Waals surface area contributed by atoms with E-state index in [0.29, 0.717) is 16.8 Å². The van der Waals surface area contributed by atoms with Gasteiger partial charge < -0.3 is 10.5 Å². The van der Waals surface area contributed by atoms with E-state index < -0.39 is 6.61 Å². The van der Waals surface area contributed by atoms with Crippen molar-refractivity contribution in [3.63, 3.8) is 0 Å². The van der Waals surface area contributed by atoms with Crippen LogP contribution in [0.1, 0.15) is 5.56 Å². The minimum Gasteiger partial charge on any atom is -0.435 e. The molecule has 0 saturated carbocycles. The number of alkyl halides is 2. The molecule has 0 aliphatic rings. The Kier molecular flexibility index (Phi) is 4.53. The molecule has 7 heteroatoms. The van der Waals surface area contributed by atoms with Gasteiger partial charge in [0.1, 0.15) is 23.2 Å². The van der Waals surface area contributed by atoms with Gasteiger partial charge in [0.05, 0.1) is 5.69 Å². The van der Waals surface area contributed by atoms with Crippen LogP contribution in [0.3, 0.4) is 0 Å². The van der Waals surface area contributed by atoms with Gasteiger partial charge in [-0.25, -0.2) is 4.98 Å². The van der Waals surface area contributed by atoms with E-state index in [9.17, 15) is 14.0 Å². The Morgan fingerprint density at radius 3 is 2.48 bits per heavy atom. The molecule has 0 spiro atoms. The second kappa shape index (κ2) is 6.93. The number of hydrogen-bond donors (Lipinski definition) is 1. The summed E-state index contributed by atoms with van der Waals surface area (Å²) in [5, 5.41) is 9.36. The molecule has 0 aliphatic heterocycles. The lowest BCUT2D eigenvalue weighted by Gasteiger charge is -2.10. The van der Waals surface area contributed by atoms with Crippen LogP contribution in [0.4, 0.5) is 14.6 Å². The van der Waals surface area contributed by atoms with Gasteiger partial charge in [0.15, 0.2) is 0 Å². The van der Waals surface area contributed by atoms with Crippen molar-refractivity contribution in [2.75, 3.05) is 5.73 Å². The third-order valence-electron chi connectivity index (χ3n) is 3.51.